The van der Waals surface area contributed by atoms with Crippen LogP contribution >= 0.6 is 0 Å². The molecule has 7 nitrogen and oxygen atoms in total. The average molecular weight is 435 g/mol. The van der Waals surface area contributed by atoms with E-state index in [2.05, 4.69) is 52.5 Å². The Hall–Kier alpha value is -3.35. The first-order chi connectivity index (χ1) is 15.4. The van der Waals surface area contributed by atoms with Crippen molar-refractivity contribution in [2.45, 2.75) is 39.7 Å². The van der Waals surface area contributed by atoms with Crippen molar-refractivity contribution in [2.75, 3.05) is 25.1 Å². The summed E-state index contributed by atoms with van der Waals surface area (Å²) < 4.78 is 11.1. The van der Waals surface area contributed by atoms with E-state index in [1.165, 1.54) is 16.7 Å². The minimum absolute atomic E-state index is 0.0101. The van der Waals surface area contributed by atoms with E-state index in [0.29, 0.717) is 25.0 Å². The summed E-state index contributed by atoms with van der Waals surface area (Å²) in [6, 6.07) is 14.4. The second kappa shape index (κ2) is 9.42. The molecule has 1 aromatic heterocycles. The van der Waals surface area contributed by atoms with Gasteiger partial charge in [-0.2, -0.15) is 0 Å². The summed E-state index contributed by atoms with van der Waals surface area (Å²) in [5, 5.41) is 11.6. The standard InChI is InChI=1S/C25H30N4O3/c1-16-5-10-22(17(2)15-16)18(3)26-23(30)19-11-13-29(14-12-19)25-28-27-24(32-25)20-6-8-21(31-4)9-7-20/h5-10,15,18-19H,11-14H2,1-4H3,(H,26,30)/t18-/m0/s1. The van der Waals surface area contributed by atoms with Crippen LogP contribution in [0.5, 0.6) is 5.75 Å². The summed E-state index contributed by atoms with van der Waals surface area (Å²) >= 11 is 0. The zero-order valence-electron chi connectivity index (χ0n) is 19.1. The summed E-state index contributed by atoms with van der Waals surface area (Å²) in [5.74, 6) is 1.36. The van der Waals surface area contributed by atoms with Crippen LogP contribution in [0.25, 0.3) is 11.5 Å². The number of methoxy groups -OCH3 is 1. The Labute approximate surface area is 188 Å². The van der Waals surface area contributed by atoms with E-state index in [0.717, 1.165) is 24.2 Å². The Bertz CT molecular complexity index is 1070. The number of nitrogens with zero attached hydrogens (tertiary/aromatic N) is 3. The molecule has 0 aliphatic carbocycles. The Kier molecular flexibility index (Phi) is 6.44. The maximum atomic E-state index is 12.9. The molecule has 3 aromatic rings. The van der Waals surface area contributed by atoms with Gasteiger partial charge < -0.3 is 19.4 Å². The van der Waals surface area contributed by atoms with Gasteiger partial charge >= 0.3 is 6.01 Å². The third-order valence-corrected chi connectivity index (χ3v) is 6.14. The van der Waals surface area contributed by atoms with Gasteiger partial charge in [0.2, 0.25) is 11.8 Å². The van der Waals surface area contributed by atoms with E-state index in [9.17, 15) is 4.79 Å². The van der Waals surface area contributed by atoms with E-state index in [4.69, 9.17) is 9.15 Å². The normalized spacial score (nSPS) is 15.4. The van der Waals surface area contributed by atoms with Gasteiger partial charge in [-0.25, -0.2) is 0 Å². The molecule has 0 unspecified atom stereocenters. The first-order valence-electron chi connectivity index (χ1n) is 11.0. The summed E-state index contributed by atoms with van der Waals surface area (Å²) in [6.07, 6.45) is 1.51. The van der Waals surface area contributed by atoms with Crippen LogP contribution < -0.4 is 15.0 Å². The highest BCUT2D eigenvalue weighted by Gasteiger charge is 2.28. The molecule has 1 aliphatic heterocycles. The van der Waals surface area contributed by atoms with Crippen molar-refractivity contribution in [1.82, 2.24) is 15.5 Å². The molecule has 1 amide bonds. The SMILES string of the molecule is COc1ccc(-c2nnc(N3CCC(C(=O)N[C@@H](C)c4ccc(C)cc4C)CC3)o2)cc1. The van der Waals surface area contributed by atoms with Gasteiger partial charge in [-0.05, 0) is 69.0 Å². The number of aromatic nitrogens is 2. The fraction of sp³-hybridized carbons (Fsp3) is 0.400. The molecule has 2 aromatic carbocycles. The van der Waals surface area contributed by atoms with Crippen molar-refractivity contribution in [3.63, 3.8) is 0 Å². The maximum absolute atomic E-state index is 12.9. The van der Waals surface area contributed by atoms with Crippen molar-refractivity contribution in [1.29, 1.82) is 0 Å². The lowest BCUT2D eigenvalue weighted by atomic mass is 9.94. The number of ether oxygens (including phenoxy) is 1. The summed E-state index contributed by atoms with van der Waals surface area (Å²) in [6.45, 7) is 7.63. The lowest BCUT2D eigenvalue weighted by Gasteiger charge is -2.30. The van der Waals surface area contributed by atoms with Crippen molar-refractivity contribution in [2.24, 2.45) is 5.92 Å². The average Bonchev–Trinajstić information content (AvgIpc) is 3.29. The molecular weight excluding hydrogens is 404 g/mol. The molecule has 0 spiro atoms. The molecule has 1 N–H and O–H groups in total. The number of anilines is 1. The van der Waals surface area contributed by atoms with E-state index in [-0.39, 0.29) is 17.9 Å². The van der Waals surface area contributed by atoms with Gasteiger partial charge in [0.05, 0.1) is 13.2 Å². The van der Waals surface area contributed by atoms with Crippen LogP contribution in [0, 0.1) is 19.8 Å². The van der Waals surface area contributed by atoms with Crippen LogP contribution in [-0.4, -0.2) is 36.3 Å². The van der Waals surface area contributed by atoms with Crippen LogP contribution in [0.1, 0.15) is 42.5 Å². The molecule has 1 atom stereocenters. The minimum atomic E-state index is -0.0107. The van der Waals surface area contributed by atoms with E-state index in [1.54, 1.807) is 7.11 Å². The Morgan fingerprint density at radius 1 is 1.12 bits per heavy atom. The van der Waals surface area contributed by atoms with Gasteiger partial charge in [-0.3, -0.25) is 4.79 Å². The van der Waals surface area contributed by atoms with Crippen molar-refractivity contribution >= 4 is 11.9 Å². The van der Waals surface area contributed by atoms with Gasteiger partial charge in [0.1, 0.15) is 5.75 Å². The Morgan fingerprint density at radius 3 is 2.50 bits per heavy atom. The molecule has 168 valence electrons. The van der Waals surface area contributed by atoms with Crippen LogP contribution in [0.3, 0.4) is 0 Å². The predicted octanol–water partition coefficient (Wildman–Crippen LogP) is 4.46. The molecule has 7 heteroatoms. The van der Waals surface area contributed by atoms with Crippen molar-refractivity contribution in [3.8, 4) is 17.2 Å². The fourth-order valence-corrected chi connectivity index (χ4v) is 4.25. The van der Waals surface area contributed by atoms with Gasteiger partial charge in [-0.15, -0.1) is 5.10 Å². The molecular formula is C25H30N4O3. The lowest BCUT2D eigenvalue weighted by molar-refractivity contribution is -0.126. The molecule has 1 aliphatic rings. The monoisotopic (exact) mass is 434 g/mol. The second-order valence-corrected chi connectivity index (χ2v) is 8.47. The first-order valence-corrected chi connectivity index (χ1v) is 11.0. The number of amides is 1. The summed E-state index contributed by atoms with van der Waals surface area (Å²) in [5.41, 5.74) is 4.45. The highest BCUT2D eigenvalue weighted by Crippen LogP contribution is 2.27. The summed E-state index contributed by atoms with van der Waals surface area (Å²) in [7, 11) is 1.63. The number of rotatable bonds is 6. The van der Waals surface area contributed by atoms with Gasteiger partial charge in [0.15, 0.2) is 0 Å². The quantitative estimate of drug-likeness (QED) is 0.617. The molecule has 1 saturated heterocycles. The number of carbonyl (C=O) groups excluding carboxylic acids is 1. The topological polar surface area (TPSA) is 80.5 Å². The molecule has 1 fully saturated rings. The van der Waals surface area contributed by atoms with Crippen molar-refractivity contribution in [3.05, 3.63) is 59.2 Å². The predicted molar refractivity (Wildman–Crippen MR) is 124 cm³/mol. The van der Waals surface area contributed by atoms with Gasteiger partial charge in [-0.1, -0.05) is 28.9 Å². The van der Waals surface area contributed by atoms with Crippen LogP contribution in [-0.2, 0) is 4.79 Å². The maximum Gasteiger partial charge on any atom is 0.318 e. The van der Waals surface area contributed by atoms with E-state index in [1.807, 2.05) is 31.2 Å². The zero-order chi connectivity index (χ0) is 22.7. The first kappa shape index (κ1) is 21.9. The second-order valence-electron chi connectivity index (χ2n) is 8.47. The number of piperidine rings is 1. The number of benzene rings is 2. The smallest absolute Gasteiger partial charge is 0.318 e. The number of nitrogens with one attached hydrogen (secondary N) is 1. The zero-order valence-corrected chi connectivity index (χ0v) is 19.1. The van der Waals surface area contributed by atoms with Gasteiger partial charge in [0.25, 0.3) is 0 Å². The van der Waals surface area contributed by atoms with Crippen LogP contribution in [0.15, 0.2) is 46.9 Å². The van der Waals surface area contributed by atoms with E-state index >= 15 is 0 Å². The number of aryl methyl sites for hydroxylation is 2. The van der Waals surface area contributed by atoms with Crippen molar-refractivity contribution < 1.29 is 13.9 Å². The highest BCUT2D eigenvalue weighted by atomic mass is 16.5. The fourth-order valence-electron chi connectivity index (χ4n) is 4.25. The molecule has 32 heavy (non-hydrogen) atoms. The van der Waals surface area contributed by atoms with Crippen LogP contribution in [0.4, 0.5) is 6.01 Å². The molecule has 0 radical (unpaired) electrons. The number of carbonyl (C=O) groups is 1. The third-order valence-electron chi connectivity index (χ3n) is 6.14. The molecule has 0 bridgehead atoms. The lowest BCUT2D eigenvalue weighted by Crippen LogP contribution is -2.41. The summed E-state index contributed by atoms with van der Waals surface area (Å²) in [4.78, 5) is 14.9. The molecule has 2 heterocycles. The number of hydrogen-bond acceptors (Lipinski definition) is 6. The minimum Gasteiger partial charge on any atom is -0.497 e. The number of hydrogen-bond donors (Lipinski definition) is 1. The largest absolute Gasteiger partial charge is 0.497 e. The Morgan fingerprint density at radius 2 is 1.84 bits per heavy atom. The Balaban J connectivity index is 1.32. The van der Waals surface area contributed by atoms with Crippen LogP contribution in [0.2, 0.25) is 0 Å². The molecule has 4 rings (SSSR count). The van der Waals surface area contributed by atoms with E-state index < -0.39 is 0 Å². The molecule has 0 saturated carbocycles. The third kappa shape index (κ3) is 4.77. The van der Waals surface area contributed by atoms with Gasteiger partial charge in [0, 0.05) is 24.6 Å². The highest BCUT2D eigenvalue weighted by molar-refractivity contribution is 5.79.